The third-order valence-corrected chi connectivity index (χ3v) is 6.34. The van der Waals surface area contributed by atoms with Crippen molar-refractivity contribution in [3.63, 3.8) is 0 Å². The van der Waals surface area contributed by atoms with Gasteiger partial charge in [0.2, 0.25) is 0 Å². The number of aryl methyl sites for hydroxylation is 1. The maximum Gasteiger partial charge on any atom is 0.00683 e. The van der Waals surface area contributed by atoms with Crippen LogP contribution in [0.25, 0.3) is 0 Å². The predicted molar refractivity (Wildman–Crippen MR) is 88.5 cm³/mol. The Bertz CT molecular complexity index is 407. The van der Waals surface area contributed by atoms with E-state index in [-0.39, 0.29) is 0 Å². The summed E-state index contributed by atoms with van der Waals surface area (Å²) in [6.07, 6.45) is 12.6. The van der Waals surface area contributed by atoms with Gasteiger partial charge in [0.1, 0.15) is 0 Å². The molecule has 1 nitrogen and oxygen atoms in total. The van der Waals surface area contributed by atoms with Crippen LogP contribution in [-0.2, 0) is 12.8 Å². The lowest BCUT2D eigenvalue weighted by Crippen LogP contribution is -2.30. The second-order valence-electron chi connectivity index (χ2n) is 6.77. The zero-order valence-electron chi connectivity index (χ0n) is 12.9. The molecule has 1 aromatic rings. The molecule has 1 N–H and O–H groups in total. The summed E-state index contributed by atoms with van der Waals surface area (Å²) in [4.78, 5) is 3.19. The summed E-state index contributed by atoms with van der Waals surface area (Å²) in [6, 6.07) is 5.60. The number of nitrogens with one attached hydrogen (secondary N) is 1. The van der Waals surface area contributed by atoms with Gasteiger partial charge in [0.15, 0.2) is 0 Å². The standard InChI is InChI=1S/C18H29NS/c1-2-17-10-11-18(20-17)12-14-6-4-3-5-7-15(14)13-19-16-8-9-16/h10-11,14-16,19H,2-9,12-13H2,1H3. The van der Waals surface area contributed by atoms with Gasteiger partial charge in [0, 0.05) is 15.8 Å². The summed E-state index contributed by atoms with van der Waals surface area (Å²) in [5, 5.41) is 3.79. The van der Waals surface area contributed by atoms with E-state index in [1.165, 1.54) is 64.3 Å². The van der Waals surface area contributed by atoms with Crippen molar-refractivity contribution in [1.82, 2.24) is 5.32 Å². The molecule has 2 aliphatic carbocycles. The molecule has 0 spiro atoms. The van der Waals surface area contributed by atoms with Crippen LogP contribution in [0.3, 0.4) is 0 Å². The molecule has 0 saturated heterocycles. The summed E-state index contributed by atoms with van der Waals surface area (Å²) in [5.74, 6) is 1.84. The van der Waals surface area contributed by atoms with E-state index in [4.69, 9.17) is 0 Å². The molecule has 0 bridgehead atoms. The molecule has 2 heteroatoms. The first-order valence-electron chi connectivity index (χ1n) is 8.66. The normalized spacial score (nSPS) is 27.4. The van der Waals surface area contributed by atoms with Gasteiger partial charge in [-0.1, -0.05) is 26.2 Å². The largest absolute Gasteiger partial charge is 0.314 e. The lowest BCUT2D eigenvalue weighted by Gasteiger charge is -2.25. The molecule has 0 aromatic carbocycles. The summed E-state index contributed by atoms with van der Waals surface area (Å²) >= 11 is 2.05. The van der Waals surface area contributed by atoms with E-state index in [0.29, 0.717) is 0 Å². The van der Waals surface area contributed by atoms with Crippen LogP contribution < -0.4 is 5.32 Å². The average molecular weight is 292 g/mol. The lowest BCUT2D eigenvalue weighted by molar-refractivity contribution is 0.298. The van der Waals surface area contributed by atoms with Gasteiger partial charge in [-0.3, -0.25) is 0 Å². The van der Waals surface area contributed by atoms with Crippen LogP contribution in [0.4, 0.5) is 0 Å². The highest BCUT2D eigenvalue weighted by atomic mass is 32.1. The fraction of sp³-hybridized carbons (Fsp3) is 0.778. The predicted octanol–water partition coefficient (Wildman–Crippen LogP) is 4.80. The Hall–Kier alpha value is -0.340. The van der Waals surface area contributed by atoms with E-state index in [1.54, 1.807) is 9.75 Å². The van der Waals surface area contributed by atoms with Crippen LogP contribution in [0.1, 0.15) is 61.6 Å². The Morgan fingerprint density at radius 3 is 2.45 bits per heavy atom. The van der Waals surface area contributed by atoms with Crippen molar-refractivity contribution >= 4 is 11.3 Å². The molecule has 20 heavy (non-hydrogen) atoms. The van der Waals surface area contributed by atoms with Gasteiger partial charge in [-0.05, 0) is 69.0 Å². The Labute approximate surface area is 128 Å². The molecule has 2 fully saturated rings. The van der Waals surface area contributed by atoms with Gasteiger partial charge in [-0.15, -0.1) is 11.3 Å². The van der Waals surface area contributed by atoms with Gasteiger partial charge in [0.25, 0.3) is 0 Å². The van der Waals surface area contributed by atoms with Crippen molar-refractivity contribution in [2.24, 2.45) is 11.8 Å². The zero-order valence-corrected chi connectivity index (χ0v) is 13.7. The van der Waals surface area contributed by atoms with Gasteiger partial charge in [0.05, 0.1) is 0 Å². The third kappa shape index (κ3) is 4.08. The van der Waals surface area contributed by atoms with Crippen molar-refractivity contribution in [3.8, 4) is 0 Å². The van der Waals surface area contributed by atoms with Gasteiger partial charge >= 0.3 is 0 Å². The van der Waals surface area contributed by atoms with E-state index in [2.05, 4.69) is 35.7 Å². The van der Waals surface area contributed by atoms with Crippen LogP contribution in [-0.4, -0.2) is 12.6 Å². The molecular formula is C18H29NS. The fourth-order valence-corrected chi connectivity index (χ4v) is 4.64. The lowest BCUT2D eigenvalue weighted by atomic mass is 9.85. The Balaban J connectivity index is 1.59. The third-order valence-electron chi connectivity index (χ3n) is 5.09. The van der Waals surface area contributed by atoms with Crippen LogP contribution in [0.5, 0.6) is 0 Å². The van der Waals surface area contributed by atoms with E-state index < -0.39 is 0 Å². The van der Waals surface area contributed by atoms with Gasteiger partial charge in [-0.2, -0.15) is 0 Å². The number of hydrogen-bond donors (Lipinski definition) is 1. The highest BCUT2D eigenvalue weighted by molar-refractivity contribution is 7.11. The highest BCUT2D eigenvalue weighted by Gasteiger charge is 2.27. The second-order valence-corrected chi connectivity index (χ2v) is 8.02. The minimum atomic E-state index is 0.868. The fourth-order valence-electron chi connectivity index (χ4n) is 3.58. The number of thiophene rings is 1. The zero-order chi connectivity index (χ0) is 13.8. The molecule has 2 unspecified atom stereocenters. The van der Waals surface area contributed by atoms with Crippen molar-refractivity contribution in [3.05, 3.63) is 21.9 Å². The molecule has 2 aliphatic rings. The summed E-state index contributed by atoms with van der Waals surface area (Å²) in [7, 11) is 0. The molecule has 3 rings (SSSR count). The van der Waals surface area contributed by atoms with E-state index in [0.717, 1.165) is 17.9 Å². The monoisotopic (exact) mass is 291 g/mol. The quantitative estimate of drug-likeness (QED) is 0.742. The Morgan fingerprint density at radius 1 is 1.00 bits per heavy atom. The second kappa shape index (κ2) is 7.09. The molecule has 0 amide bonds. The average Bonchev–Trinajstić information content (AvgIpc) is 3.21. The topological polar surface area (TPSA) is 12.0 Å². The molecule has 2 atom stereocenters. The first-order valence-corrected chi connectivity index (χ1v) is 9.47. The van der Waals surface area contributed by atoms with Crippen molar-refractivity contribution < 1.29 is 0 Å². The minimum Gasteiger partial charge on any atom is -0.314 e. The molecule has 1 heterocycles. The minimum absolute atomic E-state index is 0.868. The molecule has 0 aliphatic heterocycles. The summed E-state index contributed by atoms with van der Waals surface area (Å²) in [5.41, 5.74) is 0. The SMILES string of the molecule is CCc1ccc(CC2CCCCCC2CNC2CC2)s1. The van der Waals surface area contributed by atoms with Crippen LogP contribution in [0.15, 0.2) is 12.1 Å². The smallest absolute Gasteiger partial charge is 0.00683 e. The molecule has 1 aromatic heterocycles. The van der Waals surface area contributed by atoms with Crippen LogP contribution >= 0.6 is 11.3 Å². The first kappa shape index (κ1) is 14.6. The molecule has 112 valence electrons. The van der Waals surface area contributed by atoms with E-state index in [1.807, 2.05) is 0 Å². The van der Waals surface area contributed by atoms with Crippen molar-refractivity contribution in [2.75, 3.05) is 6.54 Å². The maximum absolute atomic E-state index is 3.79. The molecular weight excluding hydrogens is 262 g/mol. The summed E-state index contributed by atoms with van der Waals surface area (Å²) < 4.78 is 0. The molecule has 2 saturated carbocycles. The summed E-state index contributed by atoms with van der Waals surface area (Å²) in [6.45, 7) is 3.55. The van der Waals surface area contributed by atoms with Gasteiger partial charge in [-0.25, -0.2) is 0 Å². The van der Waals surface area contributed by atoms with E-state index >= 15 is 0 Å². The Morgan fingerprint density at radius 2 is 1.75 bits per heavy atom. The maximum atomic E-state index is 3.79. The van der Waals surface area contributed by atoms with Crippen LogP contribution in [0.2, 0.25) is 0 Å². The first-order chi connectivity index (χ1) is 9.85. The van der Waals surface area contributed by atoms with Crippen LogP contribution in [0, 0.1) is 11.8 Å². The Kier molecular flexibility index (Phi) is 5.17. The van der Waals surface area contributed by atoms with Crippen molar-refractivity contribution in [2.45, 2.75) is 70.8 Å². The number of rotatable bonds is 6. The highest BCUT2D eigenvalue weighted by Crippen LogP contribution is 2.33. The number of hydrogen-bond acceptors (Lipinski definition) is 2. The molecule has 0 radical (unpaired) electrons. The van der Waals surface area contributed by atoms with E-state index in [9.17, 15) is 0 Å². The van der Waals surface area contributed by atoms with Gasteiger partial charge < -0.3 is 5.32 Å². The van der Waals surface area contributed by atoms with Crippen molar-refractivity contribution in [1.29, 1.82) is 0 Å².